The number of nitrogens with zero attached hydrogens (tertiary/aromatic N) is 5. The average Bonchev–Trinajstić information content (AvgIpc) is 2.75. The van der Waals surface area contributed by atoms with Crippen molar-refractivity contribution >= 4 is 23.2 Å². The smallest absolute Gasteiger partial charge is 0.134 e. The number of hydrogen-bond donors (Lipinski definition) is 0. The highest BCUT2D eigenvalue weighted by Crippen LogP contribution is 2.25. The Kier molecular flexibility index (Phi) is 6.14. The second-order valence-corrected chi connectivity index (χ2v) is 7.49. The van der Waals surface area contributed by atoms with Crippen molar-refractivity contribution in [2.75, 3.05) is 69.4 Å². The summed E-state index contributed by atoms with van der Waals surface area (Å²) in [4.78, 5) is 16.0. The Morgan fingerprint density at radius 2 is 1.64 bits per heavy atom. The number of halogens is 1. The minimum absolute atomic E-state index is 0.742. The Hall–Kier alpha value is -2.09. The molecule has 0 spiro atoms. The van der Waals surface area contributed by atoms with Gasteiger partial charge in [0.05, 0.1) is 20.3 Å². The number of piperazine rings is 1. The maximum absolute atomic E-state index is 6.17. The van der Waals surface area contributed by atoms with E-state index in [0.29, 0.717) is 0 Å². The fourth-order valence-corrected chi connectivity index (χ4v) is 3.92. The molecule has 4 rings (SSSR count). The average molecular weight is 404 g/mol. The van der Waals surface area contributed by atoms with E-state index in [0.717, 1.165) is 87.0 Å². The Morgan fingerprint density at radius 3 is 2.32 bits per heavy atom. The third-order valence-electron chi connectivity index (χ3n) is 5.31. The van der Waals surface area contributed by atoms with E-state index < -0.39 is 0 Å². The van der Waals surface area contributed by atoms with Gasteiger partial charge in [-0.3, -0.25) is 4.90 Å². The van der Waals surface area contributed by atoms with E-state index in [9.17, 15) is 0 Å². The van der Waals surface area contributed by atoms with Gasteiger partial charge in [0, 0.05) is 62.5 Å². The van der Waals surface area contributed by atoms with E-state index >= 15 is 0 Å². The zero-order chi connectivity index (χ0) is 19.3. The number of rotatable bonds is 5. The summed E-state index contributed by atoms with van der Waals surface area (Å²) in [6.45, 7) is 7.90. The summed E-state index contributed by atoms with van der Waals surface area (Å²) in [5.74, 6) is 2.87. The van der Waals surface area contributed by atoms with E-state index in [1.165, 1.54) is 0 Å². The van der Waals surface area contributed by atoms with Crippen molar-refractivity contribution in [1.82, 2.24) is 14.9 Å². The van der Waals surface area contributed by atoms with Gasteiger partial charge in [-0.2, -0.15) is 0 Å². The topological polar surface area (TPSA) is 54.0 Å². The fraction of sp³-hybridized carbons (Fsp3) is 0.500. The summed E-state index contributed by atoms with van der Waals surface area (Å²) in [5.41, 5.74) is 1.13. The summed E-state index contributed by atoms with van der Waals surface area (Å²) in [6, 6.07) is 7.89. The molecule has 0 unspecified atom stereocenters. The molecule has 8 heteroatoms. The van der Waals surface area contributed by atoms with Crippen LogP contribution in [0.3, 0.4) is 0 Å². The molecule has 2 aliphatic rings. The van der Waals surface area contributed by atoms with Gasteiger partial charge < -0.3 is 19.3 Å². The van der Waals surface area contributed by atoms with Crippen molar-refractivity contribution in [3.63, 3.8) is 0 Å². The third kappa shape index (κ3) is 4.48. The third-order valence-corrected chi connectivity index (χ3v) is 5.54. The number of anilines is 2. The molecule has 3 heterocycles. The van der Waals surface area contributed by atoms with E-state index in [-0.39, 0.29) is 0 Å². The minimum atomic E-state index is 0.742. The maximum Gasteiger partial charge on any atom is 0.134 e. The number of morpholine rings is 1. The Morgan fingerprint density at radius 1 is 0.964 bits per heavy atom. The molecule has 28 heavy (non-hydrogen) atoms. The standard InChI is InChI=1S/C20H26ClN5O2/c1-27-18-3-2-17(21)12-16(18)14-24-4-6-25(7-5-24)19-13-20(23-15-22-19)26-8-10-28-11-9-26/h2-3,12-13,15H,4-11,14H2,1H3. The Bertz CT molecular complexity index is 792. The summed E-state index contributed by atoms with van der Waals surface area (Å²) < 4.78 is 10.9. The molecule has 0 radical (unpaired) electrons. The lowest BCUT2D eigenvalue weighted by molar-refractivity contribution is 0.122. The van der Waals surface area contributed by atoms with Crippen LogP contribution in [0, 0.1) is 0 Å². The molecule has 0 saturated carbocycles. The number of aromatic nitrogens is 2. The van der Waals surface area contributed by atoms with Crippen LogP contribution in [0.1, 0.15) is 5.56 Å². The zero-order valence-corrected chi connectivity index (χ0v) is 16.9. The number of methoxy groups -OCH3 is 1. The zero-order valence-electron chi connectivity index (χ0n) is 16.2. The largest absolute Gasteiger partial charge is 0.496 e. The molecule has 0 bridgehead atoms. The van der Waals surface area contributed by atoms with E-state index in [4.69, 9.17) is 21.1 Å². The van der Waals surface area contributed by atoms with Crippen LogP contribution in [0.25, 0.3) is 0 Å². The highest BCUT2D eigenvalue weighted by molar-refractivity contribution is 6.30. The lowest BCUT2D eigenvalue weighted by Crippen LogP contribution is -2.46. The van der Waals surface area contributed by atoms with E-state index in [1.807, 2.05) is 18.2 Å². The van der Waals surface area contributed by atoms with Gasteiger partial charge in [-0.15, -0.1) is 0 Å². The molecule has 0 amide bonds. The van der Waals surface area contributed by atoms with Gasteiger partial charge in [-0.25, -0.2) is 9.97 Å². The van der Waals surface area contributed by atoms with Crippen LogP contribution < -0.4 is 14.5 Å². The molecule has 1 aromatic heterocycles. The van der Waals surface area contributed by atoms with Crippen LogP contribution in [0.15, 0.2) is 30.6 Å². The second-order valence-electron chi connectivity index (χ2n) is 7.05. The highest BCUT2D eigenvalue weighted by Gasteiger charge is 2.21. The lowest BCUT2D eigenvalue weighted by atomic mass is 10.1. The predicted octanol–water partition coefficient (Wildman–Crippen LogP) is 2.30. The van der Waals surface area contributed by atoms with E-state index in [2.05, 4.69) is 30.7 Å². The van der Waals surface area contributed by atoms with Crippen molar-refractivity contribution < 1.29 is 9.47 Å². The molecule has 2 fully saturated rings. The molecule has 1 aromatic carbocycles. The van der Waals surface area contributed by atoms with Gasteiger partial charge in [0.25, 0.3) is 0 Å². The monoisotopic (exact) mass is 403 g/mol. The summed E-state index contributed by atoms with van der Waals surface area (Å²) in [7, 11) is 1.70. The van der Waals surface area contributed by atoms with Crippen LogP contribution in [0.5, 0.6) is 5.75 Å². The predicted molar refractivity (Wildman–Crippen MR) is 111 cm³/mol. The SMILES string of the molecule is COc1ccc(Cl)cc1CN1CCN(c2cc(N3CCOCC3)ncn2)CC1. The van der Waals surface area contributed by atoms with Crippen molar-refractivity contribution in [1.29, 1.82) is 0 Å². The van der Waals surface area contributed by atoms with Gasteiger partial charge in [-0.05, 0) is 18.2 Å². The van der Waals surface area contributed by atoms with Crippen LogP contribution in [-0.2, 0) is 11.3 Å². The summed E-state index contributed by atoms with van der Waals surface area (Å²) in [5, 5.41) is 0.742. The van der Waals surface area contributed by atoms with Gasteiger partial charge in [-0.1, -0.05) is 11.6 Å². The summed E-state index contributed by atoms with van der Waals surface area (Å²) in [6.07, 6.45) is 1.67. The van der Waals surface area contributed by atoms with Crippen molar-refractivity contribution in [2.45, 2.75) is 6.54 Å². The Labute approximate surface area is 170 Å². The first-order chi connectivity index (χ1) is 13.7. The van der Waals surface area contributed by atoms with E-state index in [1.54, 1.807) is 13.4 Å². The van der Waals surface area contributed by atoms with Crippen molar-refractivity contribution in [3.05, 3.63) is 41.2 Å². The quantitative estimate of drug-likeness (QED) is 0.759. The Balaban J connectivity index is 1.37. The molecule has 150 valence electrons. The van der Waals surface area contributed by atoms with Crippen LogP contribution in [0.4, 0.5) is 11.6 Å². The van der Waals surface area contributed by atoms with Gasteiger partial charge in [0.2, 0.25) is 0 Å². The fourth-order valence-electron chi connectivity index (χ4n) is 3.72. The van der Waals surface area contributed by atoms with Gasteiger partial charge >= 0.3 is 0 Å². The number of hydrogen-bond acceptors (Lipinski definition) is 7. The first-order valence-corrected chi connectivity index (χ1v) is 10.1. The van der Waals surface area contributed by atoms with Gasteiger partial charge in [0.1, 0.15) is 23.7 Å². The lowest BCUT2D eigenvalue weighted by Gasteiger charge is -2.36. The highest BCUT2D eigenvalue weighted by atomic mass is 35.5. The van der Waals surface area contributed by atoms with Gasteiger partial charge in [0.15, 0.2) is 0 Å². The first-order valence-electron chi connectivity index (χ1n) is 9.67. The van der Waals surface area contributed by atoms with Crippen LogP contribution in [0.2, 0.25) is 5.02 Å². The number of benzene rings is 1. The molecule has 2 aliphatic heterocycles. The number of ether oxygens (including phenoxy) is 2. The molecule has 0 aliphatic carbocycles. The van der Waals surface area contributed by atoms with Crippen LogP contribution in [-0.4, -0.2) is 74.5 Å². The molecule has 7 nitrogen and oxygen atoms in total. The minimum Gasteiger partial charge on any atom is -0.496 e. The maximum atomic E-state index is 6.17. The molecular weight excluding hydrogens is 378 g/mol. The van der Waals surface area contributed by atoms with Crippen molar-refractivity contribution in [2.24, 2.45) is 0 Å². The molecule has 2 saturated heterocycles. The molecular formula is C20H26ClN5O2. The second kappa shape index (κ2) is 8.94. The summed E-state index contributed by atoms with van der Waals surface area (Å²) >= 11 is 6.17. The first kappa shape index (κ1) is 19.2. The normalized spacial score (nSPS) is 18.4. The molecule has 2 aromatic rings. The molecule has 0 N–H and O–H groups in total. The van der Waals surface area contributed by atoms with Crippen LogP contribution >= 0.6 is 11.6 Å². The molecule has 0 atom stereocenters. The van der Waals surface area contributed by atoms with Crippen molar-refractivity contribution in [3.8, 4) is 5.75 Å².